The fourth-order valence-electron chi connectivity index (χ4n) is 2.78. The summed E-state index contributed by atoms with van der Waals surface area (Å²) in [5.74, 6) is 1.74. The summed E-state index contributed by atoms with van der Waals surface area (Å²) in [5.41, 5.74) is 9.90. The lowest BCUT2D eigenvalue weighted by molar-refractivity contribution is 0.477. The first-order valence-corrected chi connectivity index (χ1v) is 8.27. The molecular weight excluding hydrogens is 326 g/mol. The number of benzene rings is 2. The molecule has 2 aromatic carbocycles. The number of hydrogen-bond acceptors (Lipinski definition) is 2. The molecule has 0 saturated carbocycles. The minimum atomic E-state index is 0.0269. The predicted molar refractivity (Wildman–Crippen MR) is 89.9 cm³/mol. The van der Waals surface area contributed by atoms with Gasteiger partial charge in [-0.05, 0) is 89.5 Å². The van der Waals surface area contributed by atoms with Crippen LogP contribution in [0.15, 0.2) is 40.9 Å². The third kappa shape index (κ3) is 3.30. The van der Waals surface area contributed by atoms with Crippen molar-refractivity contribution in [1.29, 1.82) is 0 Å². The summed E-state index contributed by atoms with van der Waals surface area (Å²) in [6.45, 7) is 1.98. The zero-order valence-corrected chi connectivity index (χ0v) is 13.8. The monoisotopic (exact) mass is 345 g/mol. The lowest BCUT2D eigenvalue weighted by Crippen LogP contribution is -2.05. The maximum Gasteiger partial charge on any atom is 0.141 e. The first kappa shape index (κ1) is 14.6. The Hall–Kier alpha value is -1.32. The van der Waals surface area contributed by atoms with Gasteiger partial charge in [0.05, 0.1) is 4.47 Å². The zero-order chi connectivity index (χ0) is 14.8. The van der Waals surface area contributed by atoms with Crippen LogP contribution < -0.4 is 10.5 Å². The van der Waals surface area contributed by atoms with Crippen LogP contribution in [0.25, 0.3) is 0 Å². The second-order valence-corrected chi connectivity index (χ2v) is 6.57. The molecule has 0 saturated heterocycles. The molecule has 1 atom stereocenters. The van der Waals surface area contributed by atoms with Gasteiger partial charge in [0.1, 0.15) is 11.5 Å². The van der Waals surface area contributed by atoms with Crippen LogP contribution in [-0.2, 0) is 12.8 Å². The molecular formula is C18H20BrNO. The largest absolute Gasteiger partial charge is 0.456 e. The van der Waals surface area contributed by atoms with Gasteiger partial charge in [0, 0.05) is 6.04 Å². The zero-order valence-electron chi connectivity index (χ0n) is 12.2. The van der Waals surface area contributed by atoms with Crippen LogP contribution in [0.3, 0.4) is 0 Å². The van der Waals surface area contributed by atoms with Crippen LogP contribution in [0.2, 0.25) is 0 Å². The van der Waals surface area contributed by atoms with Gasteiger partial charge in [0.25, 0.3) is 0 Å². The number of hydrogen-bond donors (Lipinski definition) is 1. The third-order valence-corrected chi connectivity index (χ3v) is 4.65. The molecule has 110 valence electrons. The molecule has 0 aromatic heterocycles. The number of aryl methyl sites for hydroxylation is 2. The van der Waals surface area contributed by atoms with Crippen molar-refractivity contribution in [1.82, 2.24) is 0 Å². The minimum Gasteiger partial charge on any atom is -0.456 e. The Morgan fingerprint density at radius 3 is 2.52 bits per heavy atom. The van der Waals surface area contributed by atoms with E-state index in [2.05, 4.69) is 34.1 Å². The fraction of sp³-hybridized carbons (Fsp3) is 0.333. The highest BCUT2D eigenvalue weighted by atomic mass is 79.9. The number of halogens is 1. The van der Waals surface area contributed by atoms with Gasteiger partial charge in [-0.3, -0.25) is 0 Å². The van der Waals surface area contributed by atoms with Crippen LogP contribution in [0, 0.1) is 0 Å². The maximum atomic E-state index is 6.02. The smallest absolute Gasteiger partial charge is 0.141 e. The molecule has 3 heteroatoms. The Morgan fingerprint density at radius 1 is 1.05 bits per heavy atom. The first-order chi connectivity index (χ1) is 10.1. The molecule has 0 radical (unpaired) electrons. The van der Waals surface area contributed by atoms with Crippen molar-refractivity contribution in [3.05, 3.63) is 57.6 Å². The highest BCUT2D eigenvalue weighted by Crippen LogP contribution is 2.33. The highest BCUT2D eigenvalue weighted by Gasteiger charge is 2.11. The summed E-state index contributed by atoms with van der Waals surface area (Å²) in [5, 5.41) is 0. The van der Waals surface area contributed by atoms with Crippen LogP contribution in [0.1, 0.15) is 42.5 Å². The molecule has 1 aliphatic carbocycles. The summed E-state index contributed by atoms with van der Waals surface area (Å²) in [7, 11) is 0. The Morgan fingerprint density at radius 2 is 1.81 bits per heavy atom. The van der Waals surface area contributed by atoms with Gasteiger partial charge in [0.15, 0.2) is 0 Å². The molecule has 0 aliphatic heterocycles. The fourth-order valence-corrected chi connectivity index (χ4v) is 3.26. The minimum absolute atomic E-state index is 0.0269. The van der Waals surface area contributed by atoms with Crippen LogP contribution in [0.4, 0.5) is 0 Å². The van der Waals surface area contributed by atoms with E-state index in [0.29, 0.717) is 0 Å². The average molecular weight is 346 g/mol. The van der Waals surface area contributed by atoms with E-state index in [-0.39, 0.29) is 6.04 Å². The van der Waals surface area contributed by atoms with Crippen molar-refractivity contribution in [2.75, 3.05) is 0 Å². The Labute approximate surface area is 134 Å². The van der Waals surface area contributed by atoms with E-state index in [0.717, 1.165) is 28.0 Å². The SMILES string of the molecule is C[C@H](N)c1ccc(Oc2ccc3c(c2)CCCC3)c(Br)c1. The van der Waals surface area contributed by atoms with Crippen LogP contribution in [-0.4, -0.2) is 0 Å². The van der Waals surface area contributed by atoms with E-state index in [1.54, 1.807) is 0 Å². The van der Waals surface area contributed by atoms with Gasteiger partial charge >= 0.3 is 0 Å². The van der Waals surface area contributed by atoms with E-state index in [9.17, 15) is 0 Å². The van der Waals surface area contributed by atoms with Crippen LogP contribution >= 0.6 is 15.9 Å². The molecule has 0 heterocycles. The molecule has 0 amide bonds. The predicted octanol–water partition coefficient (Wildman–Crippen LogP) is 5.14. The van der Waals surface area contributed by atoms with Gasteiger partial charge in [-0.2, -0.15) is 0 Å². The summed E-state index contributed by atoms with van der Waals surface area (Å²) < 4.78 is 6.96. The van der Waals surface area contributed by atoms with Gasteiger partial charge in [-0.1, -0.05) is 12.1 Å². The van der Waals surface area contributed by atoms with Crippen molar-refractivity contribution in [2.45, 2.75) is 38.6 Å². The molecule has 0 unspecified atom stereocenters. The molecule has 2 aromatic rings. The molecule has 1 aliphatic rings. The highest BCUT2D eigenvalue weighted by molar-refractivity contribution is 9.10. The quantitative estimate of drug-likeness (QED) is 0.835. The van der Waals surface area contributed by atoms with Gasteiger partial charge in [0.2, 0.25) is 0 Å². The molecule has 0 fully saturated rings. The number of rotatable bonds is 3. The van der Waals surface area contributed by atoms with E-state index in [1.165, 1.54) is 30.4 Å². The molecule has 21 heavy (non-hydrogen) atoms. The molecule has 2 N–H and O–H groups in total. The standard InChI is InChI=1S/C18H20BrNO/c1-12(20)14-7-9-18(17(19)11-14)21-16-8-6-13-4-2-3-5-15(13)10-16/h6-12H,2-5,20H2,1H3/t12-/m0/s1. The van der Waals surface area contributed by atoms with Crippen LogP contribution in [0.5, 0.6) is 11.5 Å². The molecule has 2 nitrogen and oxygen atoms in total. The normalized spacial score (nSPS) is 15.4. The molecule has 3 rings (SSSR count). The summed E-state index contributed by atoms with van der Waals surface area (Å²) in [4.78, 5) is 0. The lowest BCUT2D eigenvalue weighted by atomic mass is 9.92. The second kappa shape index (κ2) is 6.20. The van der Waals surface area contributed by atoms with Gasteiger partial charge in [-0.25, -0.2) is 0 Å². The van der Waals surface area contributed by atoms with Crippen molar-refractivity contribution in [2.24, 2.45) is 5.73 Å². The van der Waals surface area contributed by atoms with Crippen molar-refractivity contribution >= 4 is 15.9 Å². The third-order valence-electron chi connectivity index (χ3n) is 4.03. The molecule has 0 bridgehead atoms. The van der Waals surface area contributed by atoms with E-state index >= 15 is 0 Å². The van der Waals surface area contributed by atoms with E-state index < -0.39 is 0 Å². The Balaban J connectivity index is 1.83. The Kier molecular flexibility index (Phi) is 4.32. The first-order valence-electron chi connectivity index (χ1n) is 7.48. The summed E-state index contributed by atoms with van der Waals surface area (Å²) >= 11 is 3.57. The van der Waals surface area contributed by atoms with Crippen molar-refractivity contribution in [3.63, 3.8) is 0 Å². The van der Waals surface area contributed by atoms with Gasteiger partial charge in [-0.15, -0.1) is 0 Å². The second-order valence-electron chi connectivity index (χ2n) is 5.72. The van der Waals surface area contributed by atoms with Gasteiger partial charge < -0.3 is 10.5 Å². The topological polar surface area (TPSA) is 35.2 Å². The van der Waals surface area contributed by atoms with Crippen molar-refractivity contribution in [3.8, 4) is 11.5 Å². The Bertz CT molecular complexity index is 652. The average Bonchev–Trinajstić information content (AvgIpc) is 2.49. The number of ether oxygens (including phenoxy) is 1. The molecule has 0 spiro atoms. The summed E-state index contributed by atoms with van der Waals surface area (Å²) in [6, 6.07) is 12.5. The maximum absolute atomic E-state index is 6.02. The summed E-state index contributed by atoms with van der Waals surface area (Å²) in [6.07, 6.45) is 4.94. The van der Waals surface area contributed by atoms with Crippen molar-refractivity contribution < 1.29 is 4.74 Å². The lowest BCUT2D eigenvalue weighted by Gasteiger charge is -2.17. The van der Waals surface area contributed by atoms with E-state index in [1.807, 2.05) is 25.1 Å². The number of nitrogens with two attached hydrogens (primary N) is 1. The van der Waals surface area contributed by atoms with E-state index in [4.69, 9.17) is 10.5 Å². The number of fused-ring (bicyclic) bond motifs is 1.